The Labute approximate surface area is 93.5 Å². The maximum absolute atomic E-state index is 5.42. The van der Waals surface area contributed by atoms with Gasteiger partial charge in [-0.05, 0) is 42.9 Å². The van der Waals surface area contributed by atoms with Crippen LogP contribution in [0.4, 0.5) is 0 Å². The summed E-state index contributed by atoms with van der Waals surface area (Å²) in [5.41, 5.74) is 1.41. The van der Waals surface area contributed by atoms with Crippen molar-refractivity contribution in [2.24, 2.45) is 5.92 Å². The van der Waals surface area contributed by atoms with Gasteiger partial charge in [0.05, 0.1) is 6.61 Å². The van der Waals surface area contributed by atoms with Crippen LogP contribution >= 0.6 is 0 Å². The van der Waals surface area contributed by atoms with Gasteiger partial charge in [0.1, 0.15) is 5.75 Å². The lowest BCUT2D eigenvalue weighted by Crippen LogP contribution is -1.99. The predicted molar refractivity (Wildman–Crippen MR) is 65.5 cm³/mol. The SMILES string of the molecule is CCOc1ccc(C(C)CC(C)C)cc1. The Hall–Kier alpha value is -0.980. The van der Waals surface area contributed by atoms with Crippen molar-refractivity contribution in [3.63, 3.8) is 0 Å². The Morgan fingerprint density at radius 1 is 1.07 bits per heavy atom. The fourth-order valence-electron chi connectivity index (χ4n) is 1.90. The molecule has 0 saturated carbocycles. The zero-order chi connectivity index (χ0) is 11.3. The van der Waals surface area contributed by atoms with E-state index in [0.717, 1.165) is 18.3 Å². The standard InChI is InChI=1S/C14H22O/c1-5-15-14-8-6-13(7-9-14)12(4)10-11(2)3/h6-9,11-12H,5,10H2,1-4H3. The third-order valence-corrected chi connectivity index (χ3v) is 2.59. The van der Waals surface area contributed by atoms with Crippen LogP contribution in [0.1, 0.15) is 45.6 Å². The summed E-state index contributed by atoms with van der Waals surface area (Å²) >= 11 is 0. The highest BCUT2D eigenvalue weighted by molar-refractivity contribution is 5.29. The molecule has 0 aliphatic rings. The maximum atomic E-state index is 5.42. The summed E-state index contributed by atoms with van der Waals surface area (Å²) in [4.78, 5) is 0. The van der Waals surface area contributed by atoms with Crippen molar-refractivity contribution in [1.82, 2.24) is 0 Å². The van der Waals surface area contributed by atoms with E-state index >= 15 is 0 Å². The van der Waals surface area contributed by atoms with Gasteiger partial charge in [-0.25, -0.2) is 0 Å². The summed E-state index contributed by atoms with van der Waals surface area (Å²) in [7, 11) is 0. The van der Waals surface area contributed by atoms with Crippen LogP contribution in [0, 0.1) is 5.92 Å². The molecule has 0 saturated heterocycles. The molecule has 0 aromatic heterocycles. The van der Waals surface area contributed by atoms with Gasteiger partial charge >= 0.3 is 0 Å². The van der Waals surface area contributed by atoms with E-state index in [0.29, 0.717) is 5.92 Å². The molecule has 1 heteroatoms. The van der Waals surface area contributed by atoms with Crippen molar-refractivity contribution >= 4 is 0 Å². The molecular weight excluding hydrogens is 184 g/mol. The Kier molecular flexibility index (Phi) is 4.67. The topological polar surface area (TPSA) is 9.23 Å². The minimum atomic E-state index is 0.640. The van der Waals surface area contributed by atoms with Crippen molar-refractivity contribution < 1.29 is 4.74 Å². The van der Waals surface area contributed by atoms with Gasteiger partial charge in [-0.2, -0.15) is 0 Å². The van der Waals surface area contributed by atoms with Crippen molar-refractivity contribution in [1.29, 1.82) is 0 Å². The van der Waals surface area contributed by atoms with Gasteiger partial charge in [-0.15, -0.1) is 0 Å². The van der Waals surface area contributed by atoms with Crippen LogP contribution in [0.25, 0.3) is 0 Å². The van der Waals surface area contributed by atoms with Crippen LogP contribution in [0.3, 0.4) is 0 Å². The van der Waals surface area contributed by atoms with Gasteiger partial charge in [0.25, 0.3) is 0 Å². The molecule has 15 heavy (non-hydrogen) atoms. The molecule has 0 aliphatic heterocycles. The van der Waals surface area contributed by atoms with Gasteiger partial charge in [-0.3, -0.25) is 0 Å². The van der Waals surface area contributed by atoms with E-state index in [-0.39, 0.29) is 0 Å². The Bertz CT molecular complexity index is 274. The molecule has 1 rings (SSSR count). The van der Waals surface area contributed by atoms with Crippen LogP contribution in [-0.4, -0.2) is 6.61 Å². The van der Waals surface area contributed by atoms with Crippen LogP contribution in [0.5, 0.6) is 5.75 Å². The third-order valence-electron chi connectivity index (χ3n) is 2.59. The molecule has 1 aromatic rings. The second-order valence-electron chi connectivity index (χ2n) is 4.53. The van der Waals surface area contributed by atoms with Gasteiger partial charge in [0.15, 0.2) is 0 Å². The van der Waals surface area contributed by atoms with Crippen LogP contribution in [0.15, 0.2) is 24.3 Å². The van der Waals surface area contributed by atoms with Crippen molar-refractivity contribution in [2.45, 2.75) is 40.0 Å². The van der Waals surface area contributed by atoms with E-state index in [2.05, 4.69) is 45.0 Å². The number of hydrogen-bond donors (Lipinski definition) is 0. The second-order valence-corrected chi connectivity index (χ2v) is 4.53. The second kappa shape index (κ2) is 5.79. The molecule has 0 radical (unpaired) electrons. The quantitative estimate of drug-likeness (QED) is 0.700. The Morgan fingerprint density at radius 2 is 1.67 bits per heavy atom. The van der Waals surface area contributed by atoms with Crippen molar-refractivity contribution in [2.75, 3.05) is 6.61 Å². The van der Waals surface area contributed by atoms with Crippen LogP contribution < -0.4 is 4.74 Å². The van der Waals surface area contributed by atoms with Crippen molar-refractivity contribution in [3.05, 3.63) is 29.8 Å². The lowest BCUT2D eigenvalue weighted by atomic mass is 9.92. The summed E-state index contributed by atoms with van der Waals surface area (Å²) in [6.45, 7) is 9.57. The fourth-order valence-corrected chi connectivity index (χ4v) is 1.90. The summed E-state index contributed by atoms with van der Waals surface area (Å²) in [6, 6.07) is 8.49. The number of hydrogen-bond acceptors (Lipinski definition) is 1. The van der Waals surface area contributed by atoms with Crippen molar-refractivity contribution in [3.8, 4) is 5.75 Å². The molecule has 0 heterocycles. The molecule has 84 valence electrons. The highest BCUT2D eigenvalue weighted by Crippen LogP contribution is 2.24. The van der Waals surface area contributed by atoms with Gasteiger partial charge < -0.3 is 4.74 Å². The molecule has 0 amide bonds. The average molecular weight is 206 g/mol. The number of rotatable bonds is 5. The fraction of sp³-hybridized carbons (Fsp3) is 0.571. The van der Waals surface area contributed by atoms with E-state index in [1.807, 2.05) is 6.92 Å². The van der Waals surface area contributed by atoms with Crippen LogP contribution in [0.2, 0.25) is 0 Å². The van der Waals surface area contributed by atoms with Gasteiger partial charge in [0, 0.05) is 0 Å². The molecule has 0 fully saturated rings. The first kappa shape index (κ1) is 12.1. The van der Waals surface area contributed by atoms with Gasteiger partial charge in [0.2, 0.25) is 0 Å². The van der Waals surface area contributed by atoms with E-state index in [1.165, 1.54) is 12.0 Å². The van der Waals surface area contributed by atoms with E-state index in [9.17, 15) is 0 Å². The number of benzene rings is 1. The number of ether oxygens (including phenoxy) is 1. The average Bonchev–Trinajstić information content (AvgIpc) is 2.18. The first-order valence-corrected chi connectivity index (χ1v) is 5.86. The van der Waals surface area contributed by atoms with E-state index in [4.69, 9.17) is 4.74 Å². The molecule has 1 aromatic carbocycles. The normalized spacial score (nSPS) is 12.9. The van der Waals surface area contributed by atoms with Gasteiger partial charge in [-0.1, -0.05) is 32.9 Å². The zero-order valence-corrected chi connectivity index (χ0v) is 10.3. The summed E-state index contributed by atoms with van der Waals surface area (Å²) in [6.07, 6.45) is 1.24. The van der Waals surface area contributed by atoms with E-state index in [1.54, 1.807) is 0 Å². The zero-order valence-electron chi connectivity index (χ0n) is 10.3. The molecule has 0 aliphatic carbocycles. The molecule has 0 spiro atoms. The predicted octanol–water partition coefficient (Wildman–Crippen LogP) is 4.23. The summed E-state index contributed by atoms with van der Waals surface area (Å²) < 4.78 is 5.42. The molecule has 0 N–H and O–H groups in total. The molecule has 1 nitrogen and oxygen atoms in total. The minimum absolute atomic E-state index is 0.640. The maximum Gasteiger partial charge on any atom is 0.119 e. The third kappa shape index (κ3) is 3.94. The highest BCUT2D eigenvalue weighted by atomic mass is 16.5. The lowest BCUT2D eigenvalue weighted by molar-refractivity contribution is 0.340. The molecular formula is C14H22O. The molecule has 1 unspecified atom stereocenters. The smallest absolute Gasteiger partial charge is 0.119 e. The Balaban J connectivity index is 2.62. The molecule has 0 bridgehead atoms. The lowest BCUT2D eigenvalue weighted by Gasteiger charge is -2.14. The minimum Gasteiger partial charge on any atom is -0.494 e. The summed E-state index contributed by atoms with van der Waals surface area (Å²) in [5.74, 6) is 2.37. The first-order valence-electron chi connectivity index (χ1n) is 5.86. The Morgan fingerprint density at radius 3 is 2.13 bits per heavy atom. The van der Waals surface area contributed by atoms with Crippen LogP contribution in [-0.2, 0) is 0 Å². The first-order chi connectivity index (χ1) is 7.13. The van der Waals surface area contributed by atoms with E-state index < -0.39 is 0 Å². The largest absolute Gasteiger partial charge is 0.494 e. The molecule has 1 atom stereocenters. The highest BCUT2D eigenvalue weighted by Gasteiger charge is 2.07. The summed E-state index contributed by atoms with van der Waals surface area (Å²) in [5, 5.41) is 0. The monoisotopic (exact) mass is 206 g/mol.